The number of hydrogen-bond acceptors (Lipinski definition) is 4. The molecule has 1 heterocycles. The van der Waals surface area contributed by atoms with Crippen LogP contribution in [0.5, 0.6) is 0 Å². The van der Waals surface area contributed by atoms with E-state index in [-0.39, 0.29) is 24.6 Å². The van der Waals surface area contributed by atoms with E-state index in [0.717, 1.165) is 5.69 Å². The van der Waals surface area contributed by atoms with E-state index in [0.29, 0.717) is 0 Å². The average Bonchev–Trinajstić information content (AvgIpc) is 3.08. The third-order valence-electron chi connectivity index (χ3n) is 3.66. The molecule has 2 N–H and O–H groups in total. The molecule has 2 aromatic rings. The number of amides is 2. The van der Waals surface area contributed by atoms with E-state index in [1.165, 1.54) is 24.9 Å². The number of nitrogens with one attached hydrogen (secondary N) is 1. The van der Waals surface area contributed by atoms with Gasteiger partial charge in [0.1, 0.15) is 6.04 Å². The van der Waals surface area contributed by atoms with E-state index >= 15 is 0 Å². The monoisotopic (exact) mass is 344 g/mol. The van der Waals surface area contributed by atoms with Gasteiger partial charge in [-0.05, 0) is 19.1 Å². The molecule has 0 bridgehead atoms. The third kappa shape index (κ3) is 4.66. The molecule has 0 spiro atoms. The molecule has 0 aliphatic rings. The van der Waals surface area contributed by atoms with E-state index in [9.17, 15) is 19.5 Å². The second-order valence-corrected chi connectivity index (χ2v) is 5.50. The molecule has 0 saturated heterocycles. The molecule has 1 aromatic heterocycles. The van der Waals surface area contributed by atoms with Crippen LogP contribution in [-0.4, -0.2) is 56.7 Å². The molecule has 8 nitrogen and oxygen atoms in total. The van der Waals surface area contributed by atoms with Crippen molar-refractivity contribution in [1.82, 2.24) is 20.0 Å². The van der Waals surface area contributed by atoms with E-state index in [2.05, 4.69) is 10.4 Å². The summed E-state index contributed by atoms with van der Waals surface area (Å²) in [6.07, 6.45) is 2.95. The quantitative estimate of drug-likeness (QED) is 0.777. The summed E-state index contributed by atoms with van der Waals surface area (Å²) >= 11 is 0. The first-order valence-electron chi connectivity index (χ1n) is 7.78. The minimum Gasteiger partial charge on any atom is -0.480 e. The van der Waals surface area contributed by atoms with Gasteiger partial charge in [0.2, 0.25) is 5.91 Å². The van der Waals surface area contributed by atoms with Gasteiger partial charge in [0.15, 0.2) is 0 Å². The summed E-state index contributed by atoms with van der Waals surface area (Å²) in [5.74, 6) is -1.82. The van der Waals surface area contributed by atoms with Gasteiger partial charge >= 0.3 is 5.97 Å². The standard InChI is InChI=1S/C17H20N4O4/c1-12(17(24)25)20(9-8-18-13(2)22)16(23)14-10-19-21(11-14)15-6-4-3-5-7-15/h3-7,10-12H,8-9H2,1-2H3,(H,18,22)(H,24,25). The fourth-order valence-electron chi connectivity index (χ4n) is 2.28. The van der Waals surface area contributed by atoms with E-state index < -0.39 is 17.9 Å². The number of nitrogens with zero attached hydrogens (tertiary/aromatic N) is 3. The van der Waals surface area contributed by atoms with Gasteiger partial charge in [-0.25, -0.2) is 9.48 Å². The zero-order chi connectivity index (χ0) is 18.4. The molecule has 0 aliphatic carbocycles. The van der Waals surface area contributed by atoms with Crippen LogP contribution in [-0.2, 0) is 9.59 Å². The van der Waals surface area contributed by atoms with Gasteiger partial charge in [0, 0.05) is 26.2 Å². The van der Waals surface area contributed by atoms with Gasteiger partial charge in [-0.15, -0.1) is 0 Å². The van der Waals surface area contributed by atoms with Crippen LogP contribution in [0, 0.1) is 0 Å². The Labute approximate surface area is 145 Å². The highest BCUT2D eigenvalue weighted by Gasteiger charge is 2.27. The van der Waals surface area contributed by atoms with Crippen molar-refractivity contribution >= 4 is 17.8 Å². The minimum atomic E-state index is -1.12. The summed E-state index contributed by atoms with van der Waals surface area (Å²) in [6.45, 7) is 3.04. The average molecular weight is 344 g/mol. The lowest BCUT2D eigenvalue weighted by molar-refractivity contribution is -0.141. The summed E-state index contributed by atoms with van der Waals surface area (Å²) in [7, 11) is 0. The number of aliphatic carboxylic acids is 1. The lowest BCUT2D eigenvalue weighted by Crippen LogP contribution is -2.46. The Morgan fingerprint density at radius 3 is 2.56 bits per heavy atom. The molecule has 8 heteroatoms. The van der Waals surface area contributed by atoms with Crippen LogP contribution in [0.1, 0.15) is 24.2 Å². The molecule has 1 aromatic carbocycles. The van der Waals surface area contributed by atoms with Gasteiger partial charge in [-0.3, -0.25) is 9.59 Å². The fraction of sp³-hybridized carbons (Fsp3) is 0.294. The zero-order valence-corrected chi connectivity index (χ0v) is 14.0. The largest absolute Gasteiger partial charge is 0.480 e. The topological polar surface area (TPSA) is 105 Å². The molecule has 25 heavy (non-hydrogen) atoms. The van der Waals surface area contributed by atoms with Crippen LogP contribution in [0.15, 0.2) is 42.7 Å². The van der Waals surface area contributed by atoms with Crippen molar-refractivity contribution in [1.29, 1.82) is 0 Å². The Hall–Kier alpha value is -3.16. The molecular formula is C17H20N4O4. The molecule has 0 fully saturated rings. The number of para-hydroxylation sites is 1. The highest BCUT2D eigenvalue weighted by atomic mass is 16.4. The first-order valence-corrected chi connectivity index (χ1v) is 7.78. The van der Waals surface area contributed by atoms with E-state index in [1.807, 2.05) is 30.3 Å². The van der Waals surface area contributed by atoms with Crippen LogP contribution < -0.4 is 5.32 Å². The fourth-order valence-corrected chi connectivity index (χ4v) is 2.28. The minimum absolute atomic E-state index is 0.0857. The summed E-state index contributed by atoms with van der Waals surface area (Å²) in [6, 6.07) is 8.24. The van der Waals surface area contributed by atoms with Crippen molar-refractivity contribution in [2.45, 2.75) is 19.9 Å². The SMILES string of the molecule is CC(=O)NCCN(C(=O)c1cnn(-c2ccccc2)c1)C(C)C(=O)O. The van der Waals surface area contributed by atoms with E-state index in [4.69, 9.17) is 0 Å². The number of carbonyl (C=O) groups is 3. The van der Waals surface area contributed by atoms with Gasteiger partial charge in [-0.2, -0.15) is 5.10 Å². The van der Waals surface area contributed by atoms with Crippen molar-refractivity contribution in [2.75, 3.05) is 13.1 Å². The van der Waals surface area contributed by atoms with Crippen LogP contribution in [0.3, 0.4) is 0 Å². The Kier molecular flexibility index (Phi) is 5.89. The molecular weight excluding hydrogens is 324 g/mol. The van der Waals surface area contributed by atoms with Crippen LogP contribution >= 0.6 is 0 Å². The molecule has 1 atom stereocenters. The number of carboxylic acids is 1. The van der Waals surface area contributed by atoms with Crippen molar-refractivity contribution in [2.24, 2.45) is 0 Å². The number of carbonyl (C=O) groups excluding carboxylic acids is 2. The Morgan fingerprint density at radius 1 is 1.28 bits per heavy atom. The molecule has 0 aliphatic heterocycles. The maximum atomic E-state index is 12.7. The summed E-state index contributed by atoms with van der Waals surface area (Å²) in [5.41, 5.74) is 1.07. The van der Waals surface area contributed by atoms with Crippen molar-refractivity contribution < 1.29 is 19.5 Å². The third-order valence-corrected chi connectivity index (χ3v) is 3.66. The molecule has 0 saturated carbocycles. The predicted molar refractivity (Wildman–Crippen MR) is 90.4 cm³/mol. The maximum absolute atomic E-state index is 12.7. The number of benzene rings is 1. The lowest BCUT2D eigenvalue weighted by Gasteiger charge is -2.26. The number of carboxylic acid groups (broad SMARTS) is 1. The van der Waals surface area contributed by atoms with Gasteiger partial charge in [0.05, 0.1) is 17.4 Å². The Balaban J connectivity index is 2.19. The molecule has 132 valence electrons. The number of aromatic nitrogens is 2. The Morgan fingerprint density at radius 2 is 1.96 bits per heavy atom. The predicted octanol–water partition coefficient (Wildman–Crippen LogP) is 0.924. The molecule has 2 rings (SSSR count). The summed E-state index contributed by atoms with van der Waals surface area (Å²) < 4.78 is 1.55. The van der Waals surface area contributed by atoms with Gasteiger partial charge in [-0.1, -0.05) is 18.2 Å². The lowest BCUT2D eigenvalue weighted by atomic mass is 10.2. The summed E-state index contributed by atoms with van der Waals surface area (Å²) in [4.78, 5) is 36.2. The highest BCUT2D eigenvalue weighted by Crippen LogP contribution is 2.12. The van der Waals surface area contributed by atoms with Crippen LogP contribution in [0.2, 0.25) is 0 Å². The Bertz CT molecular complexity index is 757. The smallest absolute Gasteiger partial charge is 0.326 e. The number of rotatable bonds is 7. The first kappa shape index (κ1) is 18.2. The van der Waals surface area contributed by atoms with Crippen molar-refractivity contribution in [3.63, 3.8) is 0 Å². The van der Waals surface area contributed by atoms with Crippen LogP contribution in [0.25, 0.3) is 5.69 Å². The van der Waals surface area contributed by atoms with Crippen molar-refractivity contribution in [3.05, 3.63) is 48.3 Å². The van der Waals surface area contributed by atoms with Gasteiger partial charge < -0.3 is 15.3 Å². The molecule has 2 amide bonds. The van der Waals surface area contributed by atoms with E-state index in [1.54, 1.807) is 10.9 Å². The second-order valence-electron chi connectivity index (χ2n) is 5.50. The van der Waals surface area contributed by atoms with Gasteiger partial charge in [0.25, 0.3) is 5.91 Å². The van der Waals surface area contributed by atoms with Crippen LogP contribution in [0.4, 0.5) is 0 Å². The number of hydrogen-bond donors (Lipinski definition) is 2. The normalized spacial score (nSPS) is 11.6. The maximum Gasteiger partial charge on any atom is 0.326 e. The highest BCUT2D eigenvalue weighted by molar-refractivity contribution is 5.96. The summed E-state index contributed by atoms with van der Waals surface area (Å²) in [5, 5.41) is 16.0. The first-order chi connectivity index (χ1) is 11.9. The zero-order valence-electron chi connectivity index (χ0n) is 14.0. The van der Waals surface area contributed by atoms with Crippen molar-refractivity contribution in [3.8, 4) is 5.69 Å². The second kappa shape index (κ2) is 8.09. The molecule has 1 unspecified atom stereocenters. The molecule has 0 radical (unpaired) electrons.